The fourth-order valence-electron chi connectivity index (χ4n) is 4.04. The van der Waals surface area contributed by atoms with E-state index in [1.165, 1.54) is 0 Å². The molecule has 6 heteroatoms. The van der Waals surface area contributed by atoms with Gasteiger partial charge in [-0.25, -0.2) is 4.79 Å². The van der Waals surface area contributed by atoms with Crippen LogP contribution in [0.1, 0.15) is 58.4 Å². The molecule has 25 heavy (non-hydrogen) atoms. The zero-order valence-corrected chi connectivity index (χ0v) is 16.8. The van der Waals surface area contributed by atoms with E-state index < -0.39 is 11.2 Å². The van der Waals surface area contributed by atoms with Gasteiger partial charge in [0.15, 0.2) is 0 Å². The summed E-state index contributed by atoms with van der Waals surface area (Å²) in [6.45, 7) is 7.15. The number of aliphatic hydroxyl groups is 1. The first kappa shape index (κ1) is 18.6. The van der Waals surface area contributed by atoms with Crippen LogP contribution in [0.25, 0.3) is 0 Å². The number of halogens is 1. The Balaban J connectivity index is 1.65. The molecule has 5 nitrogen and oxygen atoms in total. The Morgan fingerprint density at radius 2 is 1.96 bits per heavy atom. The number of rotatable bonds is 1. The van der Waals surface area contributed by atoms with Crippen molar-refractivity contribution in [3.05, 3.63) is 28.5 Å². The lowest BCUT2D eigenvalue weighted by Crippen LogP contribution is -2.41. The summed E-state index contributed by atoms with van der Waals surface area (Å²) < 4.78 is 6.36. The van der Waals surface area contributed by atoms with Crippen LogP contribution in [-0.4, -0.2) is 39.8 Å². The van der Waals surface area contributed by atoms with Crippen molar-refractivity contribution in [2.45, 2.75) is 64.1 Å². The minimum atomic E-state index is -0.813. The van der Waals surface area contributed by atoms with Crippen molar-refractivity contribution >= 4 is 22.0 Å². The van der Waals surface area contributed by atoms with Gasteiger partial charge in [0.1, 0.15) is 5.60 Å². The van der Waals surface area contributed by atoms with Crippen LogP contribution in [0.4, 0.5) is 4.79 Å². The van der Waals surface area contributed by atoms with Crippen LogP contribution in [0.5, 0.6) is 0 Å². The molecule has 2 fully saturated rings. The lowest BCUT2D eigenvalue weighted by atomic mass is 9.66. The Bertz CT molecular complexity index is 648. The smallest absolute Gasteiger partial charge is 0.410 e. The first-order valence-corrected chi connectivity index (χ1v) is 9.72. The van der Waals surface area contributed by atoms with E-state index in [1.807, 2.05) is 31.7 Å². The molecular formula is C19H27BrN2O3. The van der Waals surface area contributed by atoms with Crippen LogP contribution >= 0.6 is 15.9 Å². The molecule has 1 aliphatic carbocycles. The first-order chi connectivity index (χ1) is 11.6. The summed E-state index contributed by atoms with van der Waals surface area (Å²) in [6, 6.07) is 1.89. The molecule has 1 aromatic rings. The molecule has 3 rings (SSSR count). The molecular weight excluding hydrogens is 384 g/mol. The molecule has 1 aliphatic heterocycles. The maximum Gasteiger partial charge on any atom is 0.410 e. The van der Waals surface area contributed by atoms with Crippen LogP contribution in [0.2, 0.25) is 0 Å². The third kappa shape index (κ3) is 4.00. The molecule has 1 spiro atoms. The van der Waals surface area contributed by atoms with Crippen molar-refractivity contribution in [3.8, 4) is 0 Å². The largest absolute Gasteiger partial charge is 0.444 e. The monoisotopic (exact) mass is 410 g/mol. The second-order valence-electron chi connectivity index (χ2n) is 8.54. The molecule has 2 aliphatic rings. The van der Waals surface area contributed by atoms with E-state index in [4.69, 9.17) is 4.74 Å². The fourth-order valence-corrected chi connectivity index (χ4v) is 4.66. The molecule has 1 saturated carbocycles. The van der Waals surface area contributed by atoms with Crippen molar-refractivity contribution in [2.75, 3.05) is 13.1 Å². The molecule has 0 aromatic carbocycles. The van der Waals surface area contributed by atoms with E-state index in [9.17, 15) is 9.90 Å². The van der Waals surface area contributed by atoms with Crippen molar-refractivity contribution in [1.29, 1.82) is 0 Å². The minimum absolute atomic E-state index is 0.114. The number of amides is 1. The standard InChI is InChI=1S/C19H27BrN2O3/c1-17(2,3)25-16(23)22-11-9-18(13-22)5-7-19(24,8-6-18)14-4-10-21-12-15(14)20/h4,10,12,24H,5-9,11,13H2,1-3H3. The molecule has 138 valence electrons. The second-order valence-corrected chi connectivity index (χ2v) is 9.39. The summed E-state index contributed by atoms with van der Waals surface area (Å²) in [6.07, 6.45) is 7.46. The molecule has 1 N–H and O–H groups in total. The molecule has 1 amide bonds. The zero-order chi connectivity index (χ0) is 18.3. The number of pyridine rings is 1. The quantitative estimate of drug-likeness (QED) is 0.751. The fraction of sp³-hybridized carbons (Fsp3) is 0.684. The number of likely N-dealkylation sites (tertiary alicyclic amines) is 1. The lowest BCUT2D eigenvalue weighted by molar-refractivity contribution is -0.0378. The first-order valence-electron chi connectivity index (χ1n) is 8.93. The molecule has 1 aromatic heterocycles. The van der Waals surface area contributed by atoms with Crippen LogP contribution in [0, 0.1) is 5.41 Å². The summed E-state index contributed by atoms with van der Waals surface area (Å²) in [5.74, 6) is 0. The summed E-state index contributed by atoms with van der Waals surface area (Å²) in [4.78, 5) is 18.2. The van der Waals surface area contributed by atoms with Gasteiger partial charge < -0.3 is 14.7 Å². The van der Waals surface area contributed by atoms with Crippen LogP contribution in [0.15, 0.2) is 22.9 Å². The van der Waals surface area contributed by atoms with Gasteiger partial charge in [0.2, 0.25) is 0 Å². The van der Waals surface area contributed by atoms with Gasteiger partial charge in [0.25, 0.3) is 0 Å². The number of ether oxygens (including phenoxy) is 1. The normalized spacial score (nSPS) is 29.9. The maximum atomic E-state index is 12.3. The van der Waals surface area contributed by atoms with E-state index >= 15 is 0 Å². The average molecular weight is 411 g/mol. The number of aromatic nitrogens is 1. The molecule has 0 unspecified atom stereocenters. The van der Waals surface area contributed by atoms with E-state index in [0.717, 1.165) is 42.4 Å². The van der Waals surface area contributed by atoms with Gasteiger partial charge in [-0.3, -0.25) is 4.98 Å². The predicted molar refractivity (Wildman–Crippen MR) is 99.2 cm³/mol. The van der Waals surface area contributed by atoms with E-state index in [2.05, 4.69) is 20.9 Å². The van der Waals surface area contributed by atoms with Gasteiger partial charge in [-0.15, -0.1) is 0 Å². The van der Waals surface area contributed by atoms with Gasteiger partial charge in [0.05, 0.1) is 5.60 Å². The molecule has 2 heterocycles. The molecule has 0 atom stereocenters. The molecule has 0 radical (unpaired) electrons. The van der Waals surface area contributed by atoms with Crippen LogP contribution in [-0.2, 0) is 10.3 Å². The van der Waals surface area contributed by atoms with Crippen molar-refractivity contribution in [3.63, 3.8) is 0 Å². The highest BCUT2D eigenvalue weighted by atomic mass is 79.9. The predicted octanol–water partition coefficient (Wildman–Crippen LogP) is 4.23. The molecule has 0 bridgehead atoms. The van der Waals surface area contributed by atoms with E-state index in [-0.39, 0.29) is 11.5 Å². The Hall–Kier alpha value is -1.14. The third-order valence-corrected chi connectivity index (χ3v) is 6.13. The van der Waals surface area contributed by atoms with Crippen LogP contribution in [0.3, 0.4) is 0 Å². The van der Waals surface area contributed by atoms with Crippen molar-refractivity contribution in [2.24, 2.45) is 5.41 Å². The third-order valence-electron chi connectivity index (χ3n) is 5.50. The van der Waals surface area contributed by atoms with Gasteiger partial charge in [-0.05, 0) is 80.3 Å². The lowest BCUT2D eigenvalue weighted by Gasteiger charge is -2.42. The second kappa shape index (κ2) is 6.54. The SMILES string of the molecule is CC(C)(C)OC(=O)N1CCC2(CCC(O)(c3ccncc3Br)CC2)C1. The summed E-state index contributed by atoms with van der Waals surface area (Å²) >= 11 is 3.51. The Kier molecular flexibility index (Phi) is 4.88. The molecule has 1 saturated heterocycles. The number of nitrogens with zero attached hydrogens (tertiary/aromatic N) is 2. The van der Waals surface area contributed by atoms with Gasteiger partial charge in [-0.1, -0.05) is 0 Å². The number of carbonyl (C=O) groups excluding carboxylic acids is 1. The van der Waals surface area contributed by atoms with Crippen LogP contribution < -0.4 is 0 Å². The van der Waals surface area contributed by atoms with Gasteiger partial charge >= 0.3 is 6.09 Å². The number of hydrogen-bond acceptors (Lipinski definition) is 4. The Labute approximate surface area is 157 Å². The summed E-state index contributed by atoms with van der Waals surface area (Å²) in [5.41, 5.74) is -0.248. The highest BCUT2D eigenvalue weighted by Gasteiger charge is 2.47. The van der Waals surface area contributed by atoms with Crippen molar-refractivity contribution in [1.82, 2.24) is 9.88 Å². The average Bonchev–Trinajstić information content (AvgIpc) is 2.94. The topological polar surface area (TPSA) is 62.7 Å². The maximum absolute atomic E-state index is 12.3. The highest BCUT2D eigenvalue weighted by molar-refractivity contribution is 9.10. The number of hydrogen-bond donors (Lipinski definition) is 1. The minimum Gasteiger partial charge on any atom is -0.444 e. The van der Waals surface area contributed by atoms with Crippen molar-refractivity contribution < 1.29 is 14.6 Å². The number of carbonyl (C=O) groups is 1. The Morgan fingerprint density at radius 3 is 2.56 bits per heavy atom. The summed E-state index contributed by atoms with van der Waals surface area (Å²) in [7, 11) is 0. The Morgan fingerprint density at radius 1 is 1.28 bits per heavy atom. The van der Waals surface area contributed by atoms with E-state index in [1.54, 1.807) is 12.4 Å². The van der Waals surface area contributed by atoms with Gasteiger partial charge in [0, 0.05) is 35.5 Å². The highest BCUT2D eigenvalue weighted by Crippen LogP contribution is 2.50. The summed E-state index contributed by atoms with van der Waals surface area (Å²) in [5, 5.41) is 11.1. The van der Waals surface area contributed by atoms with Gasteiger partial charge in [-0.2, -0.15) is 0 Å². The van der Waals surface area contributed by atoms with E-state index in [0.29, 0.717) is 12.8 Å². The zero-order valence-electron chi connectivity index (χ0n) is 15.2.